The Labute approximate surface area is 155 Å². The Hall–Kier alpha value is -3.26. The molecule has 1 saturated heterocycles. The predicted molar refractivity (Wildman–Crippen MR) is 101 cm³/mol. The second-order valence-corrected chi connectivity index (χ2v) is 6.60. The summed E-state index contributed by atoms with van der Waals surface area (Å²) in [6.07, 6.45) is 5.56. The van der Waals surface area contributed by atoms with Crippen molar-refractivity contribution in [2.24, 2.45) is 0 Å². The molecular formula is C19H19N7O. The SMILES string of the molecule is c1cc(-c2cnc3ccc(NC4CCOCC4)nn23)ccc1-c1cn[nH]n1. The van der Waals surface area contributed by atoms with Gasteiger partial charge < -0.3 is 10.1 Å². The zero-order valence-electron chi connectivity index (χ0n) is 14.7. The molecule has 8 nitrogen and oxygen atoms in total. The predicted octanol–water partition coefficient (Wildman–Crippen LogP) is 2.77. The van der Waals surface area contributed by atoms with Crippen LogP contribution in [0.5, 0.6) is 0 Å². The molecule has 8 heteroatoms. The summed E-state index contributed by atoms with van der Waals surface area (Å²) >= 11 is 0. The number of fused-ring (bicyclic) bond motifs is 1. The Balaban J connectivity index is 1.45. The van der Waals surface area contributed by atoms with Crippen LogP contribution in [0.1, 0.15) is 12.8 Å². The van der Waals surface area contributed by atoms with Crippen LogP contribution in [0.25, 0.3) is 28.2 Å². The molecule has 0 amide bonds. The molecule has 1 aromatic carbocycles. The highest BCUT2D eigenvalue weighted by Gasteiger charge is 2.15. The van der Waals surface area contributed by atoms with E-state index in [0.29, 0.717) is 6.04 Å². The van der Waals surface area contributed by atoms with Crippen LogP contribution >= 0.6 is 0 Å². The Morgan fingerprint density at radius 1 is 1.00 bits per heavy atom. The molecule has 0 saturated carbocycles. The number of benzene rings is 1. The molecule has 27 heavy (non-hydrogen) atoms. The lowest BCUT2D eigenvalue weighted by molar-refractivity contribution is 0.0903. The van der Waals surface area contributed by atoms with E-state index in [9.17, 15) is 0 Å². The molecule has 1 fully saturated rings. The Morgan fingerprint density at radius 3 is 2.59 bits per heavy atom. The van der Waals surface area contributed by atoms with Crippen molar-refractivity contribution in [2.75, 3.05) is 18.5 Å². The molecule has 4 aromatic rings. The minimum absolute atomic E-state index is 0.400. The molecule has 1 aliphatic rings. The maximum atomic E-state index is 5.42. The zero-order chi connectivity index (χ0) is 18.1. The van der Waals surface area contributed by atoms with Crippen LogP contribution in [0.2, 0.25) is 0 Å². The van der Waals surface area contributed by atoms with Crippen LogP contribution in [0.15, 0.2) is 48.8 Å². The highest BCUT2D eigenvalue weighted by atomic mass is 16.5. The number of nitrogens with one attached hydrogen (secondary N) is 2. The maximum Gasteiger partial charge on any atom is 0.154 e. The van der Waals surface area contributed by atoms with Crippen molar-refractivity contribution in [1.82, 2.24) is 30.0 Å². The molecule has 0 radical (unpaired) electrons. The van der Waals surface area contributed by atoms with Crippen LogP contribution in [-0.2, 0) is 4.74 Å². The van der Waals surface area contributed by atoms with Gasteiger partial charge in [-0.25, -0.2) is 9.50 Å². The maximum absolute atomic E-state index is 5.42. The largest absolute Gasteiger partial charge is 0.381 e. The number of hydrogen-bond acceptors (Lipinski definition) is 6. The molecule has 2 N–H and O–H groups in total. The van der Waals surface area contributed by atoms with Crippen molar-refractivity contribution in [2.45, 2.75) is 18.9 Å². The lowest BCUT2D eigenvalue weighted by atomic mass is 10.1. The molecule has 0 atom stereocenters. The van der Waals surface area contributed by atoms with E-state index < -0.39 is 0 Å². The molecule has 5 rings (SSSR count). The van der Waals surface area contributed by atoms with Gasteiger partial charge in [-0.15, -0.1) is 5.10 Å². The van der Waals surface area contributed by atoms with Crippen LogP contribution in [0.3, 0.4) is 0 Å². The first-order chi connectivity index (χ1) is 13.4. The first kappa shape index (κ1) is 16.0. The number of ether oxygens (including phenoxy) is 1. The van der Waals surface area contributed by atoms with E-state index in [1.165, 1.54) is 0 Å². The van der Waals surface area contributed by atoms with E-state index in [1.54, 1.807) is 6.20 Å². The van der Waals surface area contributed by atoms with Gasteiger partial charge in [-0.1, -0.05) is 24.3 Å². The zero-order valence-corrected chi connectivity index (χ0v) is 14.7. The summed E-state index contributed by atoms with van der Waals surface area (Å²) in [7, 11) is 0. The second-order valence-electron chi connectivity index (χ2n) is 6.60. The molecule has 3 aromatic heterocycles. The average molecular weight is 361 g/mol. The molecule has 0 aliphatic carbocycles. The third-order valence-electron chi connectivity index (χ3n) is 4.83. The van der Waals surface area contributed by atoms with Crippen LogP contribution in [0, 0.1) is 0 Å². The van der Waals surface area contributed by atoms with Crippen molar-refractivity contribution in [3.8, 4) is 22.5 Å². The summed E-state index contributed by atoms with van der Waals surface area (Å²) in [4.78, 5) is 4.48. The van der Waals surface area contributed by atoms with Crippen molar-refractivity contribution >= 4 is 11.5 Å². The van der Waals surface area contributed by atoms with E-state index in [1.807, 2.05) is 47.1 Å². The summed E-state index contributed by atoms with van der Waals surface area (Å²) < 4.78 is 7.30. The molecule has 0 spiro atoms. The summed E-state index contributed by atoms with van der Waals surface area (Å²) in [5.41, 5.74) is 4.65. The molecule has 0 bridgehead atoms. The van der Waals surface area contributed by atoms with Gasteiger partial charge in [-0.2, -0.15) is 15.4 Å². The lowest BCUT2D eigenvalue weighted by Crippen LogP contribution is -2.28. The highest BCUT2D eigenvalue weighted by Crippen LogP contribution is 2.24. The van der Waals surface area contributed by atoms with Gasteiger partial charge in [0.05, 0.1) is 18.1 Å². The Bertz CT molecular complexity index is 1030. The fourth-order valence-electron chi connectivity index (χ4n) is 3.35. The Morgan fingerprint density at radius 2 is 1.81 bits per heavy atom. The second kappa shape index (κ2) is 6.81. The third-order valence-corrected chi connectivity index (χ3v) is 4.83. The van der Waals surface area contributed by atoms with Gasteiger partial charge in [-0.05, 0) is 25.0 Å². The molecular weight excluding hydrogens is 342 g/mol. The minimum Gasteiger partial charge on any atom is -0.381 e. The quantitative estimate of drug-likeness (QED) is 0.581. The summed E-state index contributed by atoms with van der Waals surface area (Å²) in [6, 6.07) is 12.5. The smallest absolute Gasteiger partial charge is 0.154 e. The van der Waals surface area contributed by atoms with Crippen LogP contribution < -0.4 is 5.32 Å². The third kappa shape index (κ3) is 3.15. The fourth-order valence-corrected chi connectivity index (χ4v) is 3.35. The van der Waals surface area contributed by atoms with Gasteiger partial charge in [0.15, 0.2) is 5.65 Å². The number of imidazole rings is 1. The number of aromatic nitrogens is 6. The van der Waals surface area contributed by atoms with Gasteiger partial charge in [0, 0.05) is 30.4 Å². The average Bonchev–Trinajstić information content (AvgIpc) is 3.39. The summed E-state index contributed by atoms with van der Waals surface area (Å²) in [6.45, 7) is 1.60. The summed E-state index contributed by atoms with van der Waals surface area (Å²) in [5.74, 6) is 0.855. The minimum atomic E-state index is 0.400. The monoisotopic (exact) mass is 361 g/mol. The van der Waals surface area contributed by atoms with Crippen molar-refractivity contribution in [3.05, 3.63) is 48.8 Å². The van der Waals surface area contributed by atoms with Crippen LogP contribution in [0.4, 0.5) is 5.82 Å². The van der Waals surface area contributed by atoms with Gasteiger partial charge in [0.25, 0.3) is 0 Å². The number of nitrogens with zero attached hydrogens (tertiary/aromatic N) is 5. The van der Waals surface area contributed by atoms with E-state index in [0.717, 1.165) is 60.0 Å². The van der Waals surface area contributed by atoms with E-state index >= 15 is 0 Å². The molecule has 4 heterocycles. The molecule has 0 unspecified atom stereocenters. The standard InChI is InChI=1S/C19H19N7O/c1-3-14(4-2-13(1)16-11-21-25-23-16)17-12-20-19-6-5-18(24-26(17)19)22-15-7-9-27-10-8-15/h1-6,11-12,15H,7-10H2,(H,22,24)(H,21,23,25). The number of rotatable bonds is 4. The van der Waals surface area contributed by atoms with E-state index in [-0.39, 0.29) is 0 Å². The van der Waals surface area contributed by atoms with Gasteiger partial charge in [0.1, 0.15) is 11.5 Å². The van der Waals surface area contributed by atoms with Gasteiger partial charge in [0.2, 0.25) is 0 Å². The van der Waals surface area contributed by atoms with E-state index in [4.69, 9.17) is 9.84 Å². The normalized spacial score (nSPS) is 15.3. The first-order valence-corrected chi connectivity index (χ1v) is 9.02. The van der Waals surface area contributed by atoms with Crippen molar-refractivity contribution in [1.29, 1.82) is 0 Å². The summed E-state index contributed by atoms with van der Waals surface area (Å²) in [5, 5.41) is 18.9. The van der Waals surface area contributed by atoms with Crippen molar-refractivity contribution in [3.63, 3.8) is 0 Å². The number of H-pyrrole nitrogens is 1. The lowest BCUT2D eigenvalue weighted by Gasteiger charge is -2.23. The van der Waals surface area contributed by atoms with Crippen molar-refractivity contribution < 1.29 is 4.74 Å². The van der Waals surface area contributed by atoms with E-state index in [2.05, 4.69) is 25.7 Å². The number of anilines is 1. The van der Waals surface area contributed by atoms with Gasteiger partial charge in [-0.3, -0.25) is 0 Å². The topological polar surface area (TPSA) is 93.0 Å². The fraction of sp³-hybridized carbons (Fsp3) is 0.263. The molecule has 136 valence electrons. The number of hydrogen-bond donors (Lipinski definition) is 2. The van der Waals surface area contributed by atoms with Gasteiger partial charge >= 0.3 is 0 Å². The highest BCUT2D eigenvalue weighted by molar-refractivity contribution is 5.68. The number of aromatic amines is 1. The Kier molecular flexibility index (Phi) is 4.02. The van der Waals surface area contributed by atoms with Crippen LogP contribution in [-0.4, -0.2) is 49.3 Å². The first-order valence-electron chi connectivity index (χ1n) is 9.02. The molecule has 1 aliphatic heterocycles.